The van der Waals surface area contributed by atoms with Gasteiger partial charge < -0.3 is 14.8 Å². The summed E-state index contributed by atoms with van der Waals surface area (Å²) >= 11 is 0. The topological polar surface area (TPSA) is 56.3 Å². The lowest BCUT2D eigenvalue weighted by Gasteiger charge is -2.23. The van der Waals surface area contributed by atoms with Crippen molar-refractivity contribution in [1.29, 1.82) is 0 Å². The molecule has 0 amide bonds. The normalized spacial score (nSPS) is 16.6. The zero-order valence-corrected chi connectivity index (χ0v) is 12.0. The van der Waals surface area contributed by atoms with Gasteiger partial charge in [0.25, 0.3) is 0 Å². The molecule has 0 spiro atoms. The molecule has 2 rings (SSSR count). The highest BCUT2D eigenvalue weighted by Crippen LogP contribution is 2.21. The maximum atomic E-state index is 5.96. The fraction of sp³-hybridized carbons (Fsp3) is 0.714. The van der Waals surface area contributed by atoms with Gasteiger partial charge in [-0.2, -0.15) is 4.98 Å². The minimum Gasteiger partial charge on any atom is -0.474 e. The first-order valence-corrected chi connectivity index (χ1v) is 7.06. The van der Waals surface area contributed by atoms with Gasteiger partial charge in [0.05, 0.1) is 13.2 Å². The largest absolute Gasteiger partial charge is 0.474 e. The number of ether oxygens (including phenoxy) is 2. The number of hydrogen-bond donors (Lipinski definition) is 1. The molecule has 1 fully saturated rings. The van der Waals surface area contributed by atoms with Crippen LogP contribution in [0.5, 0.6) is 5.88 Å². The van der Waals surface area contributed by atoms with E-state index in [1.54, 1.807) is 0 Å². The molecular formula is C14H23N3O2. The van der Waals surface area contributed by atoms with Crippen molar-refractivity contribution in [3.8, 4) is 5.88 Å². The fourth-order valence-corrected chi connectivity index (χ4v) is 2.00. The Labute approximate surface area is 114 Å². The van der Waals surface area contributed by atoms with Crippen molar-refractivity contribution in [2.75, 3.05) is 25.1 Å². The molecule has 1 N–H and O–H groups in total. The van der Waals surface area contributed by atoms with Crippen LogP contribution < -0.4 is 10.1 Å². The second-order valence-electron chi connectivity index (χ2n) is 5.06. The summed E-state index contributed by atoms with van der Waals surface area (Å²) in [5, 5.41) is 3.22. The zero-order valence-electron chi connectivity index (χ0n) is 12.0. The maximum absolute atomic E-state index is 5.96. The van der Waals surface area contributed by atoms with Crippen molar-refractivity contribution >= 4 is 5.82 Å². The molecule has 0 aliphatic carbocycles. The molecule has 1 aliphatic rings. The Morgan fingerprint density at radius 3 is 2.74 bits per heavy atom. The summed E-state index contributed by atoms with van der Waals surface area (Å²) in [5.41, 5.74) is 0. The van der Waals surface area contributed by atoms with Crippen LogP contribution in [0.15, 0.2) is 6.07 Å². The van der Waals surface area contributed by atoms with Crippen LogP contribution in [0.25, 0.3) is 0 Å². The van der Waals surface area contributed by atoms with Gasteiger partial charge in [0.1, 0.15) is 17.7 Å². The number of aromatic nitrogens is 2. The van der Waals surface area contributed by atoms with Gasteiger partial charge in [-0.25, -0.2) is 4.98 Å². The highest BCUT2D eigenvalue weighted by molar-refractivity contribution is 5.38. The first-order chi connectivity index (χ1) is 9.19. The van der Waals surface area contributed by atoms with Crippen LogP contribution in [-0.2, 0) is 4.74 Å². The number of rotatable bonds is 5. The lowest BCUT2D eigenvalue weighted by Crippen LogP contribution is -2.26. The second kappa shape index (κ2) is 6.70. The Bertz CT molecular complexity index is 404. The Morgan fingerprint density at radius 2 is 2.11 bits per heavy atom. The highest BCUT2D eigenvalue weighted by Gasteiger charge is 2.17. The molecule has 0 unspecified atom stereocenters. The minimum absolute atomic E-state index is 0.207. The Morgan fingerprint density at radius 1 is 1.37 bits per heavy atom. The molecule has 1 aromatic heterocycles. The third-order valence-corrected chi connectivity index (χ3v) is 3.05. The van der Waals surface area contributed by atoms with Crippen molar-refractivity contribution < 1.29 is 9.47 Å². The molecule has 0 atom stereocenters. The predicted octanol–water partition coefficient (Wildman–Crippen LogP) is 2.59. The van der Waals surface area contributed by atoms with E-state index >= 15 is 0 Å². The van der Waals surface area contributed by atoms with Crippen molar-refractivity contribution in [2.45, 2.75) is 45.6 Å². The SMILES string of the molecule is CCNc1cc(OC2CCOCC2)nc(C(C)C)n1. The van der Waals surface area contributed by atoms with Gasteiger partial charge in [0.15, 0.2) is 0 Å². The molecular weight excluding hydrogens is 242 g/mol. The third-order valence-electron chi connectivity index (χ3n) is 3.05. The summed E-state index contributed by atoms with van der Waals surface area (Å²) in [6, 6.07) is 1.88. The molecule has 2 heterocycles. The van der Waals surface area contributed by atoms with E-state index in [-0.39, 0.29) is 12.0 Å². The van der Waals surface area contributed by atoms with E-state index in [4.69, 9.17) is 9.47 Å². The third kappa shape index (κ3) is 4.06. The first-order valence-electron chi connectivity index (χ1n) is 7.06. The summed E-state index contributed by atoms with van der Waals surface area (Å²) in [6.45, 7) is 8.60. The Kier molecular flexibility index (Phi) is 4.96. The van der Waals surface area contributed by atoms with Crippen molar-refractivity contribution in [3.05, 3.63) is 11.9 Å². The number of hydrogen-bond acceptors (Lipinski definition) is 5. The van der Waals surface area contributed by atoms with Crippen molar-refractivity contribution in [3.63, 3.8) is 0 Å². The van der Waals surface area contributed by atoms with E-state index in [0.717, 1.165) is 44.2 Å². The van der Waals surface area contributed by atoms with Crippen LogP contribution in [0.2, 0.25) is 0 Å². The van der Waals surface area contributed by atoms with Crippen LogP contribution in [-0.4, -0.2) is 35.8 Å². The first kappa shape index (κ1) is 14.1. The van der Waals surface area contributed by atoms with Gasteiger partial charge in [-0.1, -0.05) is 13.8 Å². The van der Waals surface area contributed by atoms with Crippen molar-refractivity contribution in [1.82, 2.24) is 9.97 Å². The summed E-state index contributed by atoms with van der Waals surface area (Å²) < 4.78 is 11.3. The summed E-state index contributed by atoms with van der Waals surface area (Å²) in [7, 11) is 0. The van der Waals surface area contributed by atoms with Gasteiger partial charge in [-0.05, 0) is 6.92 Å². The van der Waals surface area contributed by atoms with E-state index in [1.165, 1.54) is 0 Å². The molecule has 0 saturated carbocycles. The molecule has 1 aliphatic heterocycles. The van der Waals surface area contributed by atoms with Crippen LogP contribution in [0.3, 0.4) is 0 Å². The van der Waals surface area contributed by atoms with E-state index in [1.807, 2.05) is 6.07 Å². The molecule has 106 valence electrons. The quantitative estimate of drug-likeness (QED) is 0.886. The summed E-state index contributed by atoms with van der Waals surface area (Å²) in [6.07, 6.45) is 2.06. The predicted molar refractivity (Wildman–Crippen MR) is 74.8 cm³/mol. The minimum atomic E-state index is 0.207. The molecule has 1 saturated heterocycles. The number of anilines is 1. The molecule has 5 heteroatoms. The maximum Gasteiger partial charge on any atom is 0.219 e. The molecule has 1 aromatic rings. The lowest BCUT2D eigenvalue weighted by atomic mass is 10.1. The van der Waals surface area contributed by atoms with Crippen LogP contribution in [0, 0.1) is 0 Å². The van der Waals surface area contributed by atoms with Crippen molar-refractivity contribution in [2.24, 2.45) is 0 Å². The Balaban J connectivity index is 2.12. The van der Waals surface area contributed by atoms with E-state index < -0.39 is 0 Å². The second-order valence-corrected chi connectivity index (χ2v) is 5.06. The number of nitrogens with one attached hydrogen (secondary N) is 1. The average molecular weight is 265 g/mol. The van der Waals surface area contributed by atoms with Gasteiger partial charge in [0.2, 0.25) is 5.88 Å². The standard InChI is InChI=1S/C14H23N3O2/c1-4-15-12-9-13(17-14(16-12)10(2)3)19-11-5-7-18-8-6-11/h9-11H,4-8H2,1-3H3,(H,15,16,17). The van der Waals surface area contributed by atoms with E-state index in [2.05, 4.69) is 36.1 Å². The van der Waals surface area contributed by atoms with E-state index in [0.29, 0.717) is 5.88 Å². The lowest BCUT2D eigenvalue weighted by molar-refractivity contribution is 0.0236. The van der Waals surface area contributed by atoms with Gasteiger partial charge in [0, 0.05) is 31.4 Å². The molecule has 0 aromatic carbocycles. The number of nitrogens with zero attached hydrogens (tertiary/aromatic N) is 2. The van der Waals surface area contributed by atoms with E-state index in [9.17, 15) is 0 Å². The van der Waals surface area contributed by atoms with Gasteiger partial charge in [-0.15, -0.1) is 0 Å². The highest BCUT2D eigenvalue weighted by atomic mass is 16.5. The molecule has 5 nitrogen and oxygen atoms in total. The smallest absolute Gasteiger partial charge is 0.219 e. The molecule has 0 radical (unpaired) electrons. The average Bonchev–Trinajstić information content (AvgIpc) is 2.40. The Hall–Kier alpha value is -1.36. The van der Waals surface area contributed by atoms with Crippen LogP contribution in [0.4, 0.5) is 5.82 Å². The molecule has 0 bridgehead atoms. The summed E-state index contributed by atoms with van der Waals surface area (Å²) in [4.78, 5) is 8.98. The van der Waals surface area contributed by atoms with Gasteiger partial charge >= 0.3 is 0 Å². The van der Waals surface area contributed by atoms with Gasteiger partial charge in [-0.3, -0.25) is 0 Å². The summed E-state index contributed by atoms with van der Waals surface area (Å²) in [5.74, 6) is 2.61. The molecule has 19 heavy (non-hydrogen) atoms. The van der Waals surface area contributed by atoms with Crippen LogP contribution in [0.1, 0.15) is 45.4 Å². The monoisotopic (exact) mass is 265 g/mol. The fourth-order valence-electron chi connectivity index (χ4n) is 2.00. The zero-order chi connectivity index (χ0) is 13.7. The van der Waals surface area contributed by atoms with Crippen LogP contribution >= 0.6 is 0 Å².